The molecule has 1 heterocycles. The van der Waals surface area contributed by atoms with Crippen LogP contribution in [0.1, 0.15) is 34.2 Å². The number of carboxylic acid groups (broad SMARTS) is 1. The fraction of sp³-hybridized carbons (Fsp3) is 0.333. The SMILES string of the molecule is CCOC(O)(c1ccc(-n2c(C)cc(C=O)c2C)cc1)C(O)C(=O)O. The van der Waals surface area contributed by atoms with Gasteiger partial charge in [0, 0.05) is 34.8 Å². The first-order valence-electron chi connectivity index (χ1n) is 7.78. The summed E-state index contributed by atoms with van der Waals surface area (Å²) >= 11 is 0. The molecule has 0 fully saturated rings. The van der Waals surface area contributed by atoms with Crippen molar-refractivity contribution in [3.05, 3.63) is 52.8 Å². The second kappa shape index (κ2) is 7.18. The van der Waals surface area contributed by atoms with E-state index in [1.807, 2.05) is 18.4 Å². The lowest BCUT2D eigenvalue weighted by molar-refractivity contribution is -0.263. The molecule has 0 amide bonds. The van der Waals surface area contributed by atoms with Gasteiger partial charge in [0.1, 0.15) is 0 Å². The molecule has 25 heavy (non-hydrogen) atoms. The smallest absolute Gasteiger partial charge is 0.338 e. The molecular weight excluding hydrogens is 326 g/mol. The van der Waals surface area contributed by atoms with Crippen LogP contribution in [0.4, 0.5) is 0 Å². The maximum absolute atomic E-state index is 11.1. The summed E-state index contributed by atoms with van der Waals surface area (Å²) < 4.78 is 6.99. The van der Waals surface area contributed by atoms with Gasteiger partial charge in [-0.3, -0.25) is 4.79 Å². The van der Waals surface area contributed by atoms with Crippen LogP contribution in [0.25, 0.3) is 5.69 Å². The maximum atomic E-state index is 11.1. The summed E-state index contributed by atoms with van der Waals surface area (Å²) in [5.74, 6) is -3.94. The summed E-state index contributed by atoms with van der Waals surface area (Å²) in [4.78, 5) is 22.2. The Labute approximate surface area is 145 Å². The molecule has 134 valence electrons. The topological polar surface area (TPSA) is 109 Å². The number of aliphatic carboxylic acids is 1. The number of benzene rings is 1. The highest BCUT2D eigenvalue weighted by atomic mass is 16.6. The van der Waals surface area contributed by atoms with E-state index in [0.717, 1.165) is 23.4 Å². The monoisotopic (exact) mass is 347 g/mol. The largest absolute Gasteiger partial charge is 0.479 e. The van der Waals surface area contributed by atoms with Crippen molar-refractivity contribution < 1.29 is 29.6 Å². The Morgan fingerprint density at radius 2 is 1.92 bits per heavy atom. The minimum Gasteiger partial charge on any atom is -0.479 e. The first-order chi connectivity index (χ1) is 11.8. The Bertz CT molecular complexity index is 780. The van der Waals surface area contributed by atoms with E-state index in [0.29, 0.717) is 5.56 Å². The number of rotatable bonds is 7. The van der Waals surface area contributed by atoms with Gasteiger partial charge in [-0.1, -0.05) is 12.1 Å². The molecule has 0 saturated heterocycles. The molecule has 3 N–H and O–H groups in total. The van der Waals surface area contributed by atoms with Gasteiger partial charge in [-0.25, -0.2) is 4.79 Å². The molecule has 1 aromatic carbocycles. The molecule has 2 aromatic rings. The Morgan fingerprint density at radius 1 is 1.32 bits per heavy atom. The van der Waals surface area contributed by atoms with Crippen LogP contribution in [0.15, 0.2) is 30.3 Å². The number of carbonyl (C=O) groups excluding carboxylic acids is 1. The highest BCUT2D eigenvalue weighted by molar-refractivity contribution is 5.77. The van der Waals surface area contributed by atoms with Gasteiger partial charge in [-0.15, -0.1) is 0 Å². The van der Waals surface area contributed by atoms with Crippen molar-refractivity contribution in [1.82, 2.24) is 4.57 Å². The average Bonchev–Trinajstić information content (AvgIpc) is 2.88. The summed E-state index contributed by atoms with van der Waals surface area (Å²) in [5.41, 5.74) is 3.05. The van der Waals surface area contributed by atoms with Crippen LogP contribution in [-0.2, 0) is 15.3 Å². The molecule has 1 aromatic heterocycles. The predicted molar refractivity (Wildman–Crippen MR) is 89.8 cm³/mol. The lowest BCUT2D eigenvalue weighted by atomic mass is 9.99. The quantitative estimate of drug-likeness (QED) is 0.518. The molecule has 0 bridgehead atoms. The van der Waals surface area contributed by atoms with Gasteiger partial charge in [-0.2, -0.15) is 0 Å². The van der Waals surface area contributed by atoms with Crippen LogP contribution in [-0.4, -0.2) is 44.9 Å². The summed E-state index contributed by atoms with van der Waals surface area (Å²) in [5, 5.41) is 29.4. The Morgan fingerprint density at radius 3 is 2.36 bits per heavy atom. The van der Waals surface area contributed by atoms with Crippen molar-refractivity contribution in [3.8, 4) is 5.69 Å². The van der Waals surface area contributed by atoms with Crippen LogP contribution in [0.2, 0.25) is 0 Å². The van der Waals surface area contributed by atoms with Crippen molar-refractivity contribution in [2.24, 2.45) is 0 Å². The third-order valence-corrected chi connectivity index (χ3v) is 4.11. The standard InChI is InChI=1S/C18H21NO6/c1-4-25-18(24,16(21)17(22)23)14-5-7-15(8-6-14)19-11(2)9-13(10-20)12(19)3/h5-10,16,21,24H,4H2,1-3H3,(H,22,23). The number of carbonyl (C=O) groups is 2. The molecule has 2 atom stereocenters. The van der Waals surface area contributed by atoms with Crippen LogP contribution in [0.5, 0.6) is 0 Å². The summed E-state index contributed by atoms with van der Waals surface area (Å²) in [6, 6.07) is 8.04. The average molecular weight is 347 g/mol. The Hall–Kier alpha value is -2.48. The van der Waals surface area contributed by atoms with E-state index >= 15 is 0 Å². The van der Waals surface area contributed by atoms with E-state index in [1.54, 1.807) is 25.1 Å². The van der Waals surface area contributed by atoms with Gasteiger partial charge in [0.05, 0.1) is 0 Å². The van der Waals surface area contributed by atoms with E-state index in [1.165, 1.54) is 12.1 Å². The molecule has 0 aliphatic heterocycles. The molecule has 7 heteroatoms. The van der Waals surface area contributed by atoms with Crippen LogP contribution in [0, 0.1) is 13.8 Å². The molecule has 0 radical (unpaired) electrons. The minimum absolute atomic E-state index is 0.0150. The number of aliphatic hydroxyl groups is 2. The molecule has 7 nitrogen and oxygen atoms in total. The summed E-state index contributed by atoms with van der Waals surface area (Å²) in [6.45, 7) is 5.27. The highest BCUT2D eigenvalue weighted by Gasteiger charge is 2.43. The third-order valence-electron chi connectivity index (χ3n) is 4.11. The first-order valence-corrected chi connectivity index (χ1v) is 7.78. The number of carboxylic acids is 1. The van der Waals surface area contributed by atoms with Gasteiger partial charge < -0.3 is 24.6 Å². The van der Waals surface area contributed by atoms with Crippen molar-refractivity contribution in [2.45, 2.75) is 32.7 Å². The first kappa shape index (κ1) is 18.9. The maximum Gasteiger partial charge on any atom is 0.338 e. The molecule has 0 saturated carbocycles. The second-order valence-electron chi connectivity index (χ2n) is 5.70. The molecule has 0 aliphatic rings. The number of aliphatic hydroxyl groups excluding tert-OH is 1. The van der Waals surface area contributed by atoms with E-state index in [4.69, 9.17) is 9.84 Å². The molecule has 0 spiro atoms. The number of aldehydes is 1. The normalized spacial score (nSPS) is 14.8. The zero-order chi connectivity index (χ0) is 18.8. The predicted octanol–water partition coefficient (Wildman–Crippen LogP) is 1.53. The molecule has 2 rings (SSSR count). The van der Waals surface area contributed by atoms with E-state index < -0.39 is 17.9 Å². The van der Waals surface area contributed by atoms with Gasteiger partial charge in [0.15, 0.2) is 6.29 Å². The fourth-order valence-corrected chi connectivity index (χ4v) is 2.86. The van der Waals surface area contributed by atoms with Gasteiger partial charge in [-0.05, 0) is 39.0 Å². The van der Waals surface area contributed by atoms with Crippen molar-refractivity contribution in [3.63, 3.8) is 0 Å². The summed E-state index contributed by atoms with van der Waals surface area (Å²) in [6.07, 6.45) is -1.35. The van der Waals surface area contributed by atoms with Crippen molar-refractivity contribution in [1.29, 1.82) is 0 Å². The number of ether oxygens (including phenoxy) is 1. The zero-order valence-electron chi connectivity index (χ0n) is 14.3. The third kappa shape index (κ3) is 3.34. The van der Waals surface area contributed by atoms with Crippen molar-refractivity contribution >= 4 is 12.3 Å². The second-order valence-corrected chi connectivity index (χ2v) is 5.70. The van der Waals surface area contributed by atoms with E-state index in [2.05, 4.69) is 0 Å². The minimum atomic E-state index is -2.35. The number of aromatic nitrogens is 1. The fourth-order valence-electron chi connectivity index (χ4n) is 2.86. The molecular formula is C18H21NO6. The van der Waals surface area contributed by atoms with E-state index in [9.17, 15) is 19.8 Å². The lowest BCUT2D eigenvalue weighted by Crippen LogP contribution is -2.46. The Kier molecular flexibility index (Phi) is 5.42. The molecule has 0 aliphatic carbocycles. The lowest BCUT2D eigenvalue weighted by Gasteiger charge is -2.30. The Balaban J connectivity index is 2.47. The number of hydrogen-bond donors (Lipinski definition) is 3. The number of hydrogen-bond acceptors (Lipinski definition) is 5. The zero-order valence-corrected chi connectivity index (χ0v) is 14.3. The van der Waals surface area contributed by atoms with Gasteiger partial charge >= 0.3 is 5.97 Å². The van der Waals surface area contributed by atoms with Gasteiger partial charge in [0.2, 0.25) is 11.9 Å². The van der Waals surface area contributed by atoms with Crippen molar-refractivity contribution in [2.75, 3.05) is 6.61 Å². The van der Waals surface area contributed by atoms with Crippen LogP contribution in [0.3, 0.4) is 0 Å². The number of aryl methyl sites for hydroxylation is 1. The van der Waals surface area contributed by atoms with Crippen LogP contribution >= 0.6 is 0 Å². The highest BCUT2D eigenvalue weighted by Crippen LogP contribution is 2.29. The summed E-state index contributed by atoms with van der Waals surface area (Å²) in [7, 11) is 0. The van der Waals surface area contributed by atoms with Gasteiger partial charge in [0.25, 0.3) is 0 Å². The van der Waals surface area contributed by atoms with Crippen LogP contribution < -0.4 is 0 Å². The molecule has 2 unspecified atom stereocenters. The van der Waals surface area contributed by atoms with E-state index in [-0.39, 0.29) is 12.2 Å². The number of nitrogens with zero attached hydrogens (tertiary/aromatic N) is 1.